The molecule has 0 radical (unpaired) electrons. The van der Waals surface area contributed by atoms with Gasteiger partial charge in [0.25, 0.3) is 5.91 Å². The standard InChI is InChI=1S/C23H18F2N6O/c1-14-8-10-31(22-18(26-2)7-4-9-27-22)13-15(14)19-11-29-20(12-28-19)30-23(32)21-16(24)5-3-6-17(21)25/h3-7,9,11-12H,8,10,13H2,1H3,(H,29,30,32). The van der Waals surface area contributed by atoms with Crippen molar-refractivity contribution in [2.24, 2.45) is 0 Å². The van der Waals surface area contributed by atoms with E-state index >= 15 is 0 Å². The zero-order chi connectivity index (χ0) is 22.7. The molecule has 1 aliphatic heterocycles. The molecular weight excluding hydrogens is 414 g/mol. The largest absolute Gasteiger partial charge is 0.361 e. The number of nitrogens with one attached hydrogen (secondary N) is 1. The van der Waals surface area contributed by atoms with E-state index in [9.17, 15) is 13.6 Å². The van der Waals surface area contributed by atoms with Gasteiger partial charge in [-0.25, -0.2) is 18.6 Å². The van der Waals surface area contributed by atoms with Gasteiger partial charge in [-0.2, -0.15) is 0 Å². The quantitative estimate of drug-likeness (QED) is 0.608. The van der Waals surface area contributed by atoms with Crippen molar-refractivity contribution in [2.75, 3.05) is 23.3 Å². The second-order valence-corrected chi connectivity index (χ2v) is 7.23. The molecule has 3 aromatic rings. The van der Waals surface area contributed by atoms with Crippen LogP contribution in [-0.2, 0) is 0 Å². The molecule has 1 aromatic carbocycles. The first-order valence-corrected chi connectivity index (χ1v) is 9.81. The molecule has 0 saturated carbocycles. The number of benzene rings is 1. The average Bonchev–Trinajstić information content (AvgIpc) is 2.80. The van der Waals surface area contributed by atoms with Crippen LogP contribution in [0.1, 0.15) is 29.4 Å². The van der Waals surface area contributed by atoms with Crippen molar-refractivity contribution in [2.45, 2.75) is 13.3 Å². The molecule has 32 heavy (non-hydrogen) atoms. The third kappa shape index (κ3) is 4.16. The van der Waals surface area contributed by atoms with Crippen molar-refractivity contribution >= 4 is 28.8 Å². The van der Waals surface area contributed by atoms with Crippen molar-refractivity contribution < 1.29 is 13.6 Å². The number of nitrogens with zero attached hydrogens (tertiary/aromatic N) is 5. The normalized spacial score (nSPS) is 13.6. The fraction of sp³-hybridized carbons (Fsp3) is 0.174. The predicted octanol–water partition coefficient (Wildman–Crippen LogP) is 4.64. The van der Waals surface area contributed by atoms with Gasteiger partial charge in [-0.1, -0.05) is 23.8 Å². The van der Waals surface area contributed by atoms with E-state index in [1.165, 1.54) is 18.5 Å². The number of halogens is 2. The Morgan fingerprint density at radius 1 is 1.12 bits per heavy atom. The number of hydrogen-bond donors (Lipinski definition) is 1. The first-order chi connectivity index (χ1) is 15.5. The maximum absolute atomic E-state index is 13.8. The van der Waals surface area contributed by atoms with Crippen LogP contribution in [0.15, 0.2) is 54.5 Å². The van der Waals surface area contributed by atoms with Gasteiger partial charge in [-0.15, -0.1) is 0 Å². The molecule has 9 heteroatoms. The summed E-state index contributed by atoms with van der Waals surface area (Å²) in [4.78, 5) is 30.8. The van der Waals surface area contributed by atoms with E-state index in [1.807, 2.05) is 11.8 Å². The molecule has 0 atom stereocenters. The number of carbonyl (C=O) groups excluding carboxylic acids is 1. The predicted molar refractivity (Wildman–Crippen MR) is 116 cm³/mol. The SMILES string of the molecule is [C-]#[N+]c1cccnc1N1CCC(C)=C(c2cnc(NC(=O)c3c(F)cccc3F)cn2)C1. The van der Waals surface area contributed by atoms with E-state index < -0.39 is 23.1 Å². The molecule has 0 unspecified atom stereocenters. The Labute approximate surface area is 183 Å². The lowest BCUT2D eigenvalue weighted by atomic mass is 9.99. The van der Waals surface area contributed by atoms with Crippen molar-refractivity contribution in [1.82, 2.24) is 15.0 Å². The lowest BCUT2D eigenvalue weighted by Crippen LogP contribution is -2.31. The fourth-order valence-electron chi connectivity index (χ4n) is 3.50. The Kier molecular flexibility index (Phi) is 5.85. The summed E-state index contributed by atoms with van der Waals surface area (Å²) in [6, 6.07) is 6.67. The van der Waals surface area contributed by atoms with E-state index in [2.05, 4.69) is 25.1 Å². The van der Waals surface area contributed by atoms with Crippen LogP contribution < -0.4 is 10.2 Å². The monoisotopic (exact) mass is 432 g/mol. The molecule has 7 nitrogen and oxygen atoms in total. The zero-order valence-corrected chi connectivity index (χ0v) is 17.1. The van der Waals surface area contributed by atoms with Gasteiger partial charge in [-0.3, -0.25) is 14.8 Å². The summed E-state index contributed by atoms with van der Waals surface area (Å²) in [5.74, 6) is -2.15. The van der Waals surface area contributed by atoms with E-state index in [-0.39, 0.29) is 5.82 Å². The van der Waals surface area contributed by atoms with Gasteiger partial charge in [0.1, 0.15) is 23.0 Å². The summed E-state index contributed by atoms with van der Waals surface area (Å²) in [7, 11) is 0. The van der Waals surface area contributed by atoms with E-state index in [4.69, 9.17) is 6.57 Å². The third-order valence-corrected chi connectivity index (χ3v) is 5.20. The van der Waals surface area contributed by atoms with Crippen LogP contribution >= 0.6 is 0 Å². The number of amides is 1. The number of pyridine rings is 1. The highest BCUT2D eigenvalue weighted by atomic mass is 19.1. The molecule has 3 heterocycles. The number of hydrogen-bond acceptors (Lipinski definition) is 5. The second-order valence-electron chi connectivity index (χ2n) is 7.23. The van der Waals surface area contributed by atoms with E-state index in [0.717, 1.165) is 36.2 Å². The van der Waals surface area contributed by atoms with Gasteiger partial charge < -0.3 is 10.2 Å². The highest BCUT2D eigenvalue weighted by molar-refractivity contribution is 6.04. The maximum atomic E-state index is 13.8. The van der Waals surface area contributed by atoms with Crippen LogP contribution in [0.2, 0.25) is 0 Å². The number of rotatable bonds is 4. The summed E-state index contributed by atoms with van der Waals surface area (Å²) in [5.41, 5.74) is 2.51. The smallest absolute Gasteiger partial charge is 0.262 e. The molecule has 0 saturated heterocycles. The topological polar surface area (TPSA) is 75.4 Å². The van der Waals surface area contributed by atoms with Gasteiger partial charge >= 0.3 is 0 Å². The van der Waals surface area contributed by atoms with E-state index in [0.29, 0.717) is 23.7 Å². The van der Waals surface area contributed by atoms with Gasteiger partial charge in [0.15, 0.2) is 5.82 Å². The Hall–Kier alpha value is -4.19. The summed E-state index contributed by atoms with van der Waals surface area (Å²) >= 11 is 0. The summed E-state index contributed by atoms with van der Waals surface area (Å²) < 4.78 is 27.6. The minimum atomic E-state index is -0.955. The minimum absolute atomic E-state index is 0.0762. The third-order valence-electron chi connectivity index (χ3n) is 5.20. The molecule has 4 rings (SSSR count). The van der Waals surface area contributed by atoms with Crippen LogP contribution in [0, 0.1) is 18.2 Å². The minimum Gasteiger partial charge on any atom is -0.361 e. The van der Waals surface area contributed by atoms with Crippen molar-refractivity contribution in [3.8, 4) is 0 Å². The van der Waals surface area contributed by atoms with Gasteiger partial charge in [-0.05, 0) is 31.1 Å². The Morgan fingerprint density at radius 3 is 2.59 bits per heavy atom. The molecule has 0 aliphatic carbocycles. The van der Waals surface area contributed by atoms with Crippen LogP contribution in [-0.4, -0.2) is 33.9 Å². The summed E-state index contributed by atoms with van der Waals surface area (Å²) in [6.07, 6.45) is 5.28. The second kappa shape index (κ2) is 8.89. The van der Waals surface area contributed by atoms with Crippen LogP contribution in [0.25, 0.3) is 10.4 Å². The van der Waals surface area contributed by atoms with Gasteiger partial charge in [0.05, 0.1) is 24.7 Å². The first-order valence-electron chi connectivity index (χ1n) is 9.81. The van der Waals surface area contributed by atoms with E-state index in [1.54, 1.807) is 18.3 Å². The average molecular weight is 432 g/mol. The maximum Gasteiger partial charge on any atom is 0.262 e. The van der Waals surface area contributed by atoms with Crippen LogP contribution in [0.5, 0.6) is 0 Å². The number of carbonyl (C=O) groups is 1. The lowest BCUT2D eigenvalue weighted by Gasteiger charge is -2.31. The Morgan fingerprint density at radius 2 is 1.91 bits per heavy atom. The summed E-state index contributed by atoms with van der Waals surface area (Å²) in [5, 5.41) is 2.37. The molecular formula is C23H18F2N6O. The molecule has 2 aromatic heterocycles. The highest BCUT2D eigenvalue weighted by Crippen LogP contribution is 2.32. The summed E-state index contributed by atoms with van der Waals surface area (Å²) in [6.45, 7) is 10.6. The molecule has 1 amide bonds. The van der Waals surface area contributed by atoms with Gasteiger partial charge in [0.2, 0.25) is 5.69 Å². The molecule has 0 bridgehead atoms. The lowest BCUT2D eigenvalue weighted by molar-refractivity contribution is 0.101. The Balaban J connectivity index is 1.53. The number of anilines is 2. The fourth-order valence-corrected chi connectivity index (χ4v) is 3.50. The Bertz CT molecular complexity index is 1230. The van der Waals surface area contributed by atoms with Crippen LogP contribution in [0.4, 0.5) is 26.1 Å². The van der Waals surface area contributed by atoms with Crippen LogP contribution in [0.3, 0.4) is 0 Å². The zero-order valence-electron chi connectivity index (χ0n) is 17.1. The molecule has 1 N–H and O–H groups in total. The van der Waals surface area contributed by atoms with Crippen molar-refractivity contribution in [3.05, 3.63) is 88.8 Å². The first kappa shape index (κ1) is 21.1. The van der Waals surface area contributed by atoms with Gasteiger partial charge in [0, 0.05) is 19.3 Å². The molecule has 1 aliphatic rings. The van der Waals surface area contributed by atoms with Crippen molar-refractivity contribution in [3.63, 3.8) is 0 Å². The molecule has 0 fully saturated rings. The molecule has 160 valence electrons. The highest BCUT2D eigenvalue weighted by Gasteiger charge is 2.22. The molecule has 0 spiro atoms. The number of aromatic nitrogens is 3. The van der Waals surface area contributed by atoms with Crippen molar-refractivity contribution in [1.29, 1.82) is 0 Å².